The zero-order valence-electron chi connectivity index (χ0n) is 10.6. The maximum atomic E-state index is 12.1. The van der Waals surface area contributed by atoms with Crippen LogP contribution in [0.5, 0.6) is 0 Å². The standard InChI is InChI=1S/C11H21N3O2S/c1-9(2)4-5-14(3)17(15,16)11-6-10(7-12)13-8-11/h6,8-9,13H,4-5,7,12H2,1-3H3. The fraction of sp³-hybridized carbons (Fsp3) is 0.636. The number of nitrogens with two attached hydrogens (primary N) is 1. The molecule has 0 aromatic carbocycles. The summed E-state index contributed by atoms with van der Waals surface area (Å²) in [4.78, 5) is 3.13. The topological polar surface area (TPSA) is 79.2 Å². The van der Waals surface area contributed by atoms with Gasteiger partial charge in [-0.25, -0.2) is 12.7 Å². The summed E-state index contributed by atoms with van der Waals surface area (Å²) in [6.45, 7) is 4.99. The van der Waals surface area contributed by atoms with Crippen LogP contribution in [0, 0.1) is 5.92 Å². The summed E-state index contributed by atoms with van der Waals surface area (Å²) in [5, 5.41) is 0. The normalized spacial score (nSPS) is 12.6. The molecule has 0 saturated carbocycles. The Hall–Kier alpha value is -0.850. The minimum Gasteiger partial charge on any atom is -0.363 e. The van der Waals surface area contributed by atoms with Crippen molar-refractivity contribution >= 4 is 10.0 Å². The molecule has 5 nitrogen and oxygen atoms in total. The van der Waals surface area contributed by atoms with Crippen LogP contribution in [0.2, 0.25) is 0 Å². The molecule has 98 valence electrons. The highest BCUT2D eigenvalue weighted by Gasteiger charge is 2.21. The number of aromatic nitrogens is 1. The van der Waals surface area contributed by atoms with E-state index in [1.165, 1.54) is 10.5 Å². The third kappa shape index (κ3) is 3.55. The number of H-pyrrole nitrogens is 1. The van der Waals surface area contributed by atoms with E-state index in [9.17, 15) is 8.42 Å². The molecule has 0 aliphatic heterocycles. The van der Waals surface area contributed by atoms with Gasteiger partial charge in [0.25, 0.3) is 0 Å². The number of aromatic amines is 1. The van der Waals surface area contributed by atoms with E-state index in [1.54, 1.807) is 13.1 Å². The summed E-state index contributed by atoms with van der Waals surface area (Å²) in [6.07, 6.45) is 2.34. The molecule has 1 aromatic rings. The zero-order valence-corrected chi connectivity index (χ0v) is 11.4. The lowest BCUT2D eigenvalue weighted by Crippen LogP contribution is -2.28. The van der Waals surface area contributed by atoms with E-state index < -0.39 is 10.0 Å². The zero-order chi connectivity index (χ0) is 13.1. The summed E-state index contributed by atoms with van der Waals surface area (Å²) in [7, 11) is -1.77. The summed E-state index contributed by atoms with van der Waals surface area (Å²) >= 11 is 0. The number of hydrogen-bond acceptors (Lipinski definition) is 3. The molecule has 17 heavy (non-hydrogen) atoms. The van der Waals surface area contributed by atoms with E-state index in [4.69, 9.17) is 5.73 Å². The Labute approximate surface area is 103 Å². The summed E-state index contributed by atoms with van der Waals surface area (Å²) < 4.78 is 25.7. The maximum absolute atomic E-state index is 12.1. The molecule has 0 radical (unpaired) electrons. The minimum absolute atomic E-state index is 0.282. The van der Waals surface area contributed by atoms with E-state index in [-0.39, 0.29) is 4.90 Å². The van der Waals surface area contributed by atoms with Crippen molar-refractivity contribution in [1.29, 1.82) is 0 Å². The number of rotatable bonds is 6. The van der Waals surface area contributed by atoms with Crippen LogP contribution < -0.4 is 5.73 Å². The average Bonchev–Trinajstić information content (AvgIpc) is 2.74. The molecule has 0 unspecified atom stereocenters. The first kappa shape index (κ1) is 14.2. The van der Waals surface area contributed by atoms with Gasteiger partial charge in [-0.15, -0.1) is 0 Å². The molecule has 1 rings (SSSR count). The Kier molecular flexibility index (Phi) is 4.73. The van der Waals surface area contributed by atoms with E-state index in [0.717, 1.165) is 12.1 Å². The molecule has 3 N–H and O–H groups in total. The van der Waals surface area contributed by atoms with Crippen molar-refractivity contribution in [1.82, 2.24) is 9.29 Å². The van der Waals surface area contributed by atoms with Crippen molar-refractivity contribution in [2.75, 3.05) is 13.6 Å². The van der Waals surface area contributed by atoms with Gasteiger partial charge in [0, 0.05) is 32.0 Å². The lowest BCUT2D eigenvalue weighted by molar-refractivity contribution is 0.428. The van der Waals surface area contributed by atoms with Crippen LogP contribution in [0.4, 0.5) is 0 Å². The Morgan fingerprint density at radius 2 is 2.12 bits per heavy atom. The molecule has 0 aliphatic carbocycles. The first-order valence-corrected chi connectivity index (χ1v) is 7.15. The molecule has 6 heteroatoms. The van der Waals surface area contributed by atoms with Crippen molar-refractivity contribution < 1.29 is 8.42 Å². The van der Waals surface area contributed by atoms with E-state index in [0.29, 0.717) is 19.0 Å². The summed E-state index contributed by atoms with van der Waals surface area (Å²) in [5.41, 5.74) is 6.16. The van der Waals surface area contributed by atoms with Crippen molar-refractivity contribution in [3.63, 3.8) is 0 Å². The van der Waals surface area contributed by atoms with Crippen molar-refractivity contribution in [2.45, 2.75) is 31.7 Å². The summed E-state index contributed by atoms with van der Waals surface area (Å²) in [6, 6.07) is 1.58. The third-order valence-corrected chi connectivity index (χ3v) is 4.50. The van der Waals surface area contributed by atoms with Gasteiger partial charge in [-0.3, -0.25) is 0 Å². The van der Waals surface area contributed by atoms with Crippen LogP contribution >= 0.6 is 0 Å². The lowest BCUT2D eigenvalue weighted by atomic mass is 10.1. The van der Waals surface area contributed by atoms with Crippen LogP contribution in [0.25, 0.3) is 0 Å². The second-order valence-electron chi connectivity index (χ2n) is 4.57. The quantitative estimate of drug-likeness (QED) is 0.804. The minimum atomic E-state index is -3.38. The van der Waals surface area contributed by atoms with Crippen LogP contribution in [0.1, 0.15) is 26.0 Å². The summed E-state index contributed by atoms with van der Waals surface area (Å²) in [5.74, 6) is 0.485. The molecule has 1 heterocycles. The number of nitrogens with zero attached hydrogens (tertiary/aromatic N) is 1. The van der Waals surface area contributed by atoms with Crippen LogP contribution in [-0.2, 0) is 16.6 Å². The van der Waals surface area contributed by atoms with Gasteiger partial charge < -0.3 is 10.7 Å². The second-order valence-corrected chi connectivity index (χ2v) is 6.62. The molecule has 1 aromatic heterocycles. The van der Waals surface area contributed by atoms with Crippen molar-refractivity contribution in [2.24, 2.45) is 11.7 Å². The molecule has 0 spiro atoms. The Bertz CT molecular complexity index is 451. The molecule has 0 amide bonds. The van der Waals surface area contributed by atoms with Crippen LogP contribution in [0.15, 0.2) is 17.2 Å². The highest BCUT2D eigenvalue weighted by Crippen LogP contribution is 2.16. The van der Waals surface area contributed by atoms with Gasteiger partial charge in [-0.05, 0) is 18.4 Å². The van der Waals surface area contributed by atoms with Crippen molar-refractivity contribution in [3.05, 3.63) is 18.0 Å². The first-order valence-electron chi connectivity index (χ1n) is 5.71. The second kappa shape index (κ2) is 5.66. The van der Waals surface area contributed by atoms with Gasteiger partial charge in [0.15, 0.2) is 0 Å². The van der Waals surface area contributed by atoms with E-state index >= 15 is 0 Å². The van der Waals surface area contributed by atoms with E-state index in [1.807, 2.05) is 0 Å². The monoisotopic (exact) mass is 259 g/mol. The molecule has 0 atom stereocenters. The SMILES string of the molecule is CC(C)CCN(C)S(=O)(=O)c1c[nH]c(CN)c1. The Balaban J connectivity index is 2.79. The smallest absolute Gasteiger partial charge is 0.244 e. The predicted molar refractivity (Wildman–Crippen MR) is 68.0 cm³/mol. The van der Waals surface area contributed by atoms with Crippen LogP contribution in [-0.4, -0.2) is 31.3 Å². The molecular formula is C11H21N3O2S. The van der Waals surface area contributed by atoms with E-state index in [2.05, 4.69) is 18.8 Å². The van der Waals surface area contributed by atoms with Gasteiger partial charge in [-0.2, -0.15) is 0 Å². The Morgan fingerprint density at radius 3 is 2.59 bits per heavy atom. The number of nitrogens with one attached hydrogen (secondary N) is 1. The van der Waals surface area contributed by atoms with Gasteiger partial charge in [0.1, 0.15) is 0 Å². The van der Waals surface area contributed by atoms with Gasteiger partial charge >= 0.3 is 0 Å². The molecular weight excluding hydrogens is 238 g/mol. The Morgan fingerprint density at radius 1 is 1.47 bits per heavy atom. The molecule has 0 saturated heterocycles. The first-order chi connectivity index (χ1) is 7.87. The van der Waals surface area contributed by atoms with Gasteiger partial charge in [0.2, 0.25) is 10.0 Å². The highest BCUT2D eigenvalue weighted by atomic mass is 32.2. The fourth-order valence-electron chi connectivity index (χ4n) is 1.43. The number of hydrogen-bond donors (Lipinski definition) is 2. The number of sulfonamides is 1. The fourth-order valence-corrected chi connectivity index (χ4v) is 2.63. The van der Waals surface area contributed by atoms with Gasteiger partial charge in [-0.1, -0.05) is 13.8 Å². The molecule has 0 bridgehead atoms. The van der Waals surface area contributed by atoms with Crippen LogP contribution in [0.3, 0.4) is 0 Å². The third-order valence-electron chi connectivity index (χ3n) is 2.67. The lowest BCUT2D eigenvalue weighted by Gasteiger charge is -2.17. The largest absolute Gasteiger partial charge is 0.363 e. The molecule has 0 fully saturated rings. The maximum Gasteiger partial charge on any atom is 0.244 e. The average molecular weight is 259 g/mol. The van der Waals surface area contributed by atoms with Crippen molar-refractivity contribution in [3.8, 4) is 0 Å². The predicted octanol–water partition coefficient (Wildman–Crippen LogP) is 1.14. The molecule has 0 aliphatic rings. The highest BCUT2D eigenvalue weighted by molar-refractivity contribution is 7.89. The van der Waals surface area contributed by atoms with Gasteiger partial charge in [0.05, 0.1) is 4.90 Å².